The van der Waals surface area contributed by atoms with Crippen LogP contribution in [0, 0.1) is 13.8 Å². The Morgan fingerprint density at radius 1 is 1.06 bits per heavy atom. The molecule has 1 aliphatic rings. The van der Waals surface area contributed by atoms with Crippen LogP contribution < -0.4 is 0 Å². The molecule has 5 rings (SSSR count). The predicted octanol–water partition coefficient (Wildman–Crippen LogP) is 5.48. The predicted molar refractivity (Wildman–Crippen MR) is 131 cm³/mol. The minimum Gasteiger partial charge on any atom is -0.274 e. The van der Waals surface area contributed by atoms with E-state index in [1.54, 1.807) is 27.7 Å². The van der Waals surface area contributed by atoms with Gasteiger partial charge in [-0.05, 0) is 48.4 Å². The fraction of sp³-hybridized carbons (Fsp3) is 0.217. The number of thiophene rings is 2. The van der Waals surface area contributed by atoms with Crippen molar-refractivity contribution >= 4 is 46.1 Å². The number of rotatable bonds is 6. The van der Waals surface area contributed by atoms with Crippen molar-refractivity contribution in [3.05, 3.63) is 80.4 Å². The lowest BCUT2D eigenvalue weighted by molar-refractivity contribution is -0.130. The molecule has 0 radical (unpaired) electrons. The zero-order valence-corrected chi connectivity index (χ0v) is 20.1. The van der Waals surface area contributed by atoms with Gasteiger partial charge < -0.3 is 0 Å². The molecule has 1 amide bonds. The van der Waals surface area contributed by atoms with Gasteiger partial charge in [0.2, 0.25) is 0 Å². The summed E-state index contributed by atoms with van der Waals surface area (Å²) in [4.78, 5) is 15.6. The molecule has 4 heterocycles. The summed E-state index contributed by atoms with van der Waals surface area (Å²) >= 11 is 4.72. The molecule has 0 unspecified atom stereocenters. The van der Waals surface area contributed by atoms with E-state index in [1.165, 1.54) is 11.8 Å². The van der Waals surface area contributed by atoms with Gasteiger partial charge in [0.15, 0.2) is 5.16 Å². The molecule has 1 atom stereocenters. The summed E-state index contributed by atoms with van der Waals surface area (Å²) in [6.07, 6.45) is 0.732. The van der Waals surface area contributed by atoms with E-state index in [-0.39, 0.29) is 17.7 Å². The monoisotopic (exact) mass is 479 g/mol. The minimum absolute atomic E-state index is 0.0306. The summed E-state index contributed by atoms with van der Waals surface area (Å²) in [5.41, 5.74) is 3.13. The molecule has 0 aliphatic carbocycles. The second kappa shape index (κ2) is 9.01. The van der Waals surface area contributed by atoms with Gasteiger partial charge in [0.25, 0.3) is 5.91 Å². The second-order valence-electron chi connectivity index (χ2n) is 7.44. The first-order valence-corrected chi connectivity index (χ1v) is 12.9. The van der Waals surface area contributed by atoms with E-state index in [1.807, 2.05) is 52.6 Å². The highest BCUT2D eigenvalue weighted by Gasteiger charge is 2.34. The molecule has 9 heteroatoms. The van der Waals surface area contributed by atoms with Crippen LogP contribution in [0.5, 0.6) is 0 Å². The molecule has 0 spiro atoms. The molecule has 6 nitrogen and oxygen atoms in total. The van der Waals surface area contributed by atoms with Crippen molar-refractivity contribution in [2.75, 3.05) is 5.75 Å². The highest BCUT2D eigenvalue weighted by Crippen LogP contribution is 2.36. The molecule has 4 aromatic rings. The fourth-order valence-corrected chi connectivity index (χ4v) is 6.13. The zero-order chi connectivity index (χ0) is 22.1. The lowest BCUT2D eigenvalue weighted by Crippen LogP contribution is -2.28. The first-order valence-electron chi connectivity index (χ1n) is 10.2. The Morgan fingerprint density at radius 3 is 2.62 bits per heavy atom. The molecule has 0 bridgehead atoms. The van der Waals surface area contributed by atoms with Crippen molar-refractivity contribution < 1.29 is 4.79 Å². The average molecular weight is 480 g/mol. The summed E-state index contributed by atoms with van der Waals surface area (Å²) in [5, 5.41) is 19.8. The van der Waals surface area contributed by atoms with Crippen molar-refractivity contribution in [2.24, 2.45) is 5.10 Å². The molecule has 0 N–H and O–H groups in total. The number of hydrogen-bond acceptors (Lipinski definition) is 7. The summed E-state index contributed by atoms with van der Waals surface area (Å²) < 4.78 is 2.01. The largest absolute Gasteiger partial charge is 0.274 e. The maximum atomic E-state index is 13.3. The van der Waals surface area contributed by atoms with E-state index >= 15 is 0 Å². The van der Waals surface area contributed by atoms with Gasteiger partial charge in [-0.3, -0.25) is 9.36 Å². The van der Waals surface area contributed by atoms with E-state index in [0.29, 0.717) is 5.16 Å². The number of nitrogens with zero attached hydrogens (tertiary/aromatic N) is 5. The lowest BCUT2D eigenvalue weighted by Gasteiger charge is -2.20. The molecule has 32 heavy (non-hydrogen) atoms. The van der Waals surface area contributed by atoms with E-state index in [0.717, 1.165) is 39.0 Å². The van der Waals surface area contributed by atoms with Crippen LogP contribution in [-0.4, -0.2) is 37.1 Å². The van der Waals surface area contributed by atoms with Crippen LogP contribution in [-0.2, 0) is 4.79 Å². The first kappa shape index (κ1) is 21.1. The van der Waals surface area contributed by atoms with Gasteiger partial charge in [-0.2, -0.15) is 5.10 Å². The second-order valence-corrected chi connectivity index (χ2v) is 10.3. The molecular weight excluding hydrogens is 458 g/mol. The third kappa shape index (κ3) is 4.03. The van der Waals surface area contributed by atoms with Crippen molar-refractivity contribution in [1.82, 2.24) is 19.8 Å². The summed E-state index contributed by atoms with van der Waals surface area (Å²) in [7, 11) is 0. The Hall–Kier alpha value is -2.75. The number of benzene rings is 1. The van der Waals surface area contributed by atoms with Gasteiger partial charge in [0, 0.05) is 11.3 Å². The number of aromatic nitrogens is 3. The van der Waals surface area contributed by atoms with E-state index in [4.69, 9.17) is 5.10 Å². The van der Waals surface area contributed by atoms with Gasteiger partial charge in [-0.1, -0.05) is 42.1 Å². The number of amides is 1. The number of para-hydroxylation sites is 1. The summed E-state index contributed by atoms with van der Waals surface area (Å²) in [5.74, 6) is 1.01. The Labute approximate surface area is 198 Å². The smallest absolute Gasteiger partial charge is 0.253 e. The Morgan fingerprint density at radius 2 is 1.88 bits per heavy atom. The topological polar surface area (TPSA) is 63.4 Å². The van der Waals surface area contributed by atoms with Crippen molar-refractivity contribution in [3.8, 4) is 5.69 Å². The Kier molecular flexibility index (Phi) is 5.95. The van der Waals surface area contributed by atoms with Crippen molar-refractivity contribution in [3.63, 3.8) is 0 Å². The van der Waals surface area contributed by atoms with E-state index in [2.05, 4.69) is 35.3 Å². The minimum atomic E-state index is -0.0591. The van der Waals surface area contributed by atoms with E-state index in [9.17, 15) is 4.79 Å². The van der Waals surface area contributed by atoms with Gasteiger partial charge in [-0.15, -0.1) is 32.9 Å². The number of aryl methyl sites for hydroxylation is 2. The van der Waals surface area contributed by atoms with Crippen LogP contribution >= 0.6 is 34.4 Å². The quantitative estimate of drug-likeness (QED) is 0.344. The van der Waals surface area contributed by atoms with Gasteiger partial charge in [0.05, 0.1) is 28.1 Å². The van der Waals surface area contributed by atoms with Gasteiger partial charge >= 0.3 is 0 Å². The molecule has 1 aliphatic heterocycles. The average Bonchev–Trinajstić information content (AvgIpc) is 3.59. The summed E-state index contributed by atoms with van der Waals surface area (Å²) in [6, 6.07) is 16.2. The Balaban J connectivity index is 1.38. The molecule has 0 saturated heterocycles. The fourth-order valence-electron chi connectivity index (χ4n) is 3.75. The molecule has 1 aromatic carbocycles. The Bertz CT molecular complexity index is 1260. The maximum Gasteiger partial charge on any atom is 0.253 e. The van der Waals surface area contributed by atoms with Crippen LogP contribution in [0.3, 0.4) is 0 Å². The highest BCUT2D eigenvalue weighted by atomic mass is 32.2. The molecule has 162 valence electrons. The van der Waals surface area contributed by atoms with Crippen LogP contribution in [0.2, 0.25) is 0 Å². The lowest BCUT2D eigenvalue weighted by atomic mass is 10.1. The van der Waals surface area contributed by atoms with Crippen LogP contribution in [0.15, 0.2) is 69.5 Å². The number of carbonyl (C=O) groups excluding carboxylic acids is 1. The normalized spacial score (nSPS) is 15.9. The van der Waals surface area contributed by atoms with E-state index < -0.39 is 0 Å². The number of hydrogen-bond donors (Lipinski definition) is 0. The van der Waals surface area contributed by atoms with Gasteiger partial charge in [0.1, 0.15) is 5.82 Å². The number of hydrazone groups is 1. The third-order valence-corrected chi connectivity index (χ3v) is 8.13. The third-order valence-electron chi connectivity index (χ3n) is 5.32. The molecular formula is C23H21N5OS3. The molecule has 3 aromatic heterocycles. The van der Waals surface area contributed by atoms with Crippen LogP contribution in [0.1, 0.15) is 33.6 Å². The number of thioether (sulfide) groups is 1. The molecule has 0 fully saturated rings. The van der Waals surface area contributed by atoms with Crippen molar-refractivity contribution in [2.45, 2.75) is 31.5 Å². The number of carbonyl (C=O) groups is 1. The zero-order valence-electron chi connectivity index (χ0n) is 17.6. The highest BCUT2D eigenvalue weighted by molar-refractivity contribution is 7.99. The van der Waals surface area contributed by atoms with Gasteiger partial charge in [-0.25, -0.2) is 5.01 Å². The SMILES string of the molecule is Cc1ccccc1-n1c(C)nnc1SCC(=O)N1N=C(c2cccs2)C[C@H]1c1cccs1. The van der Waals surface area contributed by atoms with Crippen LogP contribution in [0.25, 0.3) is 5.69 Å². The standard InChI is InChI=1S/C23H21N5OS3/c1-15-7-3-4-8-18(15)27-16(2)24-25-23(27)32-14-22(29)28-19(21-10-6-12-31-21)13-17(26-28)20-9-5-11-30-20/h3-12,19H,13-14H2,1-2H3/t19-/m0/s1. The summed E-state index contributed by atoms with van der Waals surface area (Å²) in [6.45, 7) is 3.99. The van der Waals surface area contributed by atoms with Crippen molar-refractivity contribution in [1.29, 1.82) is 0 Å². The maximum absolute atomic E-state index is 13.3. The van der Waals surface area contributed by atoms with Crippen LogP contribution in [0.4, 0.5) is 0 Å². The first-order chi connectivity index (χ1) is 15.6. The molecule has 0 saturated carbocycles.